The Kier molecular flexibility index (Phi) is 7.14. The summed E-state index contributed by atoms with van der Waals surface area (Å²) in [6, 6.07) is 0.621. The summed E-state index contributed by atoms with van der Waals surface area (Å²) in [5, 5.41) is 3.18. The quantitative estimate of drug-likeness (QED) is 0.804. The Bertz CT molecular complexity index is 475. The topological polar surface area (TPSA) is 71.1 Å². The van der Waals surface area contributed by atoms with Crippen molar-refractivity contribution >= 4 is 11.9 Å². The Balaban J connectivity index is 1.63. The average Bonchev–Trinajstić information content (AvgIpc) is 3.16. The molecule has 1 saturated carbocycles. The van der Waals surface area contributed by atoms with Crippen molar-refractivity contribution in [1.29, 1.82) is 0 Å². The van der Waals surface area contributed by atoms with E-state index in [0.717, 1.165) is 45.1 Å². The molecule has 0 bridgehead atoms. The van der Waals surface area contributed by atoms with Crippen LogP contribution in [0.5, 0.6) is 0 Å². The minimum atomic E-state index is 0.0300. The van der Waals surface area contributed by atoms with Gasteiger partial charge in [0.2, 0.25) is 5.91 Å². The number of hydrogen-bond acceptors (Lipinski definition) is 4. The molecule has 1 aliphatic carbocycles. The van der Waals surface area contributed by atoms with Crippen molar-refractivity contribution in [3.8, 4) is 0 Å². The molecule has 3 amide bonds. The van der Waals surface area contributed by atoms with Gasteiger partial charge in [0, 0.05) is 51.5 Å². The molecule has 1 N–H and O–H groups in total. The number of carbonyl (C=O) groups is 2. The Morgan fingerprint density at radius 1 is 1.08 bits per heavy atom. The molecule has 2 saturated heterocycles. The molecule has 0 spiro atoms. The van der Waals surface area contributed by atoms with Crippen molar-refractivity contribution in [2.75, 3.05) is 40.0 Å². The molecule has 26 heavy (non-hydrogen) atoms. The maximum Gasteiger partial charge on any atom is 0.317 e. The molecule has 1 unspecified atom stereocenters. The largest absolute Gasteiger partial charge is 0.381 e. The first-order chi connectivity index (χ1) is 12.7. The van der Waals surface area contributed by atoms with E-state index in [1.807, 2.05) is 9.80 Å². The molecule has 3 rings (SSSR count). The zero-order valence-corrected chi connectivity index (χ0v) is 16.0. The van der Waals surface area contributed by atoms with Gasteiger partial charge in [-0.2, -0.15) is 0 Å². The van der Waals surface area contributed by atoms with Crippen LogP contribution in [-0.2, 0) is 14.3 Å². The van der Waals surface area contributed by atoms with Gasteiger partial charge in [0.25, 0.3) is 0 Å². The second-order valence-corrected chi connectivity index (χ2v) is 7.75. The molecule has 7 nitrogen and oxygen atoms in total. The van der Waals surface area contributed by atoms with E-state index in [-0.39, 0.29) is 30.6 Å². The lowest BCUT2D eigenvalue weighted by Crippen LogP contribution is -2.58. The first kappa shape index (κ1) is 19.4. The molecule has 3 aliphatic rings. The van der Waals surface area contributed by atoms with Crippen molar-refractivity contribution in [2.24, 2.45) is 0 Å². The van der Waals surface area contributed by atoms with E-state index in [1.54, 1.807) is 7.11 Å². The Morgan fingerprint density at radius 2 is 1.81 bits per heavy atom. The van der Waals surface area contributed by atoms with E-state index in [0.29, 0.717) is 25.8 Å². The van der Waals surface area contributed by atoms with Crippen LogP contribution in [0, 0.1) is 0 Å². The van der Waals surface area contributed by atoms with Crippen LogP contribution in [-0.4, -0.2) is 79.9 Å². The highest BCUT2D eigenvalue weighted by Gasteiger charge is 2.35. The van der Waals surface area contributed by atoms with Crippen LogP contribution in [0.25, 0.3) is 0 Å². The fourth-order valence-corrected chi connectivity index (χ4v) is 4.57. The maximum atomic E-state index is 12.7. The zero-order valence-electron chi connectivity index (χ0n) is 16.0. The fraction of sp³-hybridized carbons (Fsp3) is 0.895. The second kappa shape index (κ2) is 9.55. The van der Waals surface area contributed by atoms with Crippen LogP contribution >= 0.6 is 0 Å². The number of carbonyl (C=O) groups excluding carboxylic acids is 2. The maximum absolute atomic E-state index is 12.7. The summed E-state index contributed by atoms with van der Waals surface area (Å²) in [6.45, 7) is 2.88. The van der Waals surface area contributed by atoms with Crippen LogP contribution in [0.3, 0.4) is 0 Å². The molecular formula is C19H33N3O4. The van der Waals surface area contributed by atoms with Gasteiger partial charge in [-0.3, -0.25) is 4.79 Å². The molecular weight excluding hydrogens is 334 g/mol. The van der Waals surface area contributed by atoms with E-state index in [9.17, 15) is 9.59 Å². The summed E-state index contributed by atoms with van der Waals surface area (Å²) < 4.78 is 10.6. The van der Waals surface area contributed by atoms with Gasteiger partial charge in [-0.1, -0.05) is 12.8 Å². The van der Waals surface area contributed by atoms with Crippen molar-refractivity contribution in [3.63, 3.8) is 0 Å². The van der Waals surface area contributed by atoms with Gasteiger partial charge in [0.05, 0.1) is 0 Å². The van der Waals surface area contributed by atoms with E-state index in [2.05, 4.69) is 5.32 Å². The summed E-state index contributed by atoms with van der Waals surface area (Å²) in [6.07, 6.45) is 8.18. The van der Waals surface area contributed by atoms with Crippen LogP contribution in [0.2, 0.25) is 0 Å². The van der Waals surface area contributed by atoms with Gasteiger partial charge >= 0.3 is 6.03 Å². The molecule has 0 aromatic carbocycles. The van der Waals surface area contributed by atoms with Gasteiger partial charge in [0.1, 0.15) is 6.61 Å². The number of piperidine rings is 1. The van der Waals surface area contributed by atoms with Gasteiger partial charge < -0.3 is 24.6 Å². The lowest BCUT2D eigenvalue weighted by molar-refractivity contribution is -0.143. The summed E-state index contributed by atoms with van der Waals surface area (Å²) in [4.78, 5) is 29.3. The van der Waals surface area contributed by atoms with Crippen LogP contribution < -0.4 is 5.32 Å². The van der Waals surface area contributed by atoms with E-state index in [4.69, 9.17) is 9.47 Å². The van der Waals surface area contributed by atoms with Gasteiger partial charge in [-0.25, -0.2) is 4.79 Å². The molecule has 0 aromatic heterocycles. The lowest BCUT2D eigenvalue weighted by Gasteiger charge is -2.44. The third kappa shape index (κ3) is 4.88. The monoisotopic (exact) mass is 367 g/mol. The van der Waals surface area contributed by atoms with Gasteiger partial charge in [0.15, 0.2) is 0 Å². The predicted molar refractivity (Wildman–Crippen MR) is 97.9 cm³/mol. The second-order valence-electron chi connectivity index (χ2n) is 7.75. The Labute approximate surface area is 156 Å². The zero-order chi connectivity index (χ0) is 18.4. The summed E-state index contributed by atoms with van der Waals surface area (Å²) >= 11 is 0. The third-order valence-corrected chi connectivity index (χ3v) is 5.90. The molecule has 3 fully saturated rings. The number of ether oxygens (including phenoxy) is 2. The number of methoxy groups -OCH3 is 1. The van der Waals surface area contributed by atoms with Crippen LogP contribution in [0.1, 0.15) is 51.4 Å². The highest BCUT2D eigenvalue weighted by molar-refractivity contribution is 5.78. The first-order valence-electron chi connectivity index (χ1n) is 10.1. The van der Waals surface area contributed by atoms with Crippen molar-refractivity contribution in [3.05, 3.63) is 0 Å². The molecule has 148 valence electrons. The van der Waals surface area contributed by atoms with Crippen LogP contribution in [0.4, 0.5) is 4.79 Å². The van der Waals surface area contributed by atoms with E-state index >= 15 is 0 Å². The van der Waals surface area contributed by atoms with Crippen molar-refractivity contribution in [1.82, 2.24) is 15.1 Å². The number of likely N-dealkylation sites (tertiary alicyclic amines) is 1. The molecule has 7 heteroatoms. The third-order valence-electron chi connectivity index (χ3n) is 5.90. The number of amides is 3. The minimum Gasteiger partial charge on any atom is -0.381 e. The summed E-state index contributed by atoms with van der Waals surface area (Å²) in [5.74, 6) is 0.0300. The van der Waals surface area contributed by atoms with E-state index in [1.165, 1.54) is 12.8 Å². The molecule has 0 radical (unpaired) electrons. The van der Waals surface area contributed by atoms with Crippen molar-refractivity contribution < 1.29 is 19.1 Å². The lowest BCUT2D eigenvalue weighted by atomic mass is 9.98. The number of urea groups is 1. The smallest absolute Gasteiger partial charge is 0.317 e. The number of nitrogens with zero attached hydrogens (tertiary/aromatic N) is 2. The van der Waals surface area contributed by atoms with Crippen molar-refractivity contribution in [2.45, 2.75) is 69.5 Å². The molecule has 2 heterocycles. The first-order valence-corrected chi connectivity index (χ1v) is 10.1. The molecule has 2 aliphatic heterocycles. The predicted octanol–water partition coefficient (Wildman–Crippen LogP) is 1.76. The summed E-state index contributed by atoms with van der Waals surface area (Å²) in [7, 11) is 1.56. The number of hydrogen-bond donors (Lipinski definition) is 1. The highest BCUT2D eigenvalue weighted by Crippen LogP contribution is 2.24. The molecule has 0 aromatic rings. The standard InChI is InChI=1S/C19H33N3O4/c1-25-14-18(23)22(16-8-11-26-12-9-16)17-7-4-10-21(13-17)19(24)20-15-5-2-3-6-15/h15-17H,2-14H2,1H3,(H,20,24). The molecule has 1 atom stereocenters. The van der Waals surface area contributed by atoms with Crippen LogP contribution in [0.15, 0.2) is 0 Å². The number of rotatable bonds is 5. The van der Waals surface area contributed by atoms with E-state index < -0.39 is 0 Å². The summed E-state index contributed by atoms with van der Waals surface area (Å²) in [5.41, 5.74) is 0. The number of nitrogens with one attached hydrogen (secondary N) is 1. The average molecular weight is 367 g/mol. The normalized spacial score (nSPS) is 25.3. The minimum absolute atomic E-state index is 0.0300. The highest BCUT2D eigenvalue weighted by atomic mass is 16.5. The van der Waals surface area contributed by atoms with Gasteiger partial charge in [-0.15, -0.1) is 0 Å². The Hall–Kier alpha value is -1.34. The van der Waals surface area contributed by atoms with Gasteiger partial charge in [-0.05, 0) is 38.5 Å². The SMILES string of the molecule is COCC(=O)N(C1CCOCC1)C1CCCN(C(=O)NC2CCCC2)C1. The fourth-order valence-electron chi connectivity index (χ4n) is 4.57. The Morgan fingerprint density at radius 3 is 2.50 bits per heavy atom.